The van der Waals surface area contributed by atoms with Gasteiger partial charge in [-0.15, -0.1) is 0 Å². The van der Waals surface area contributed by atoms with Crippen molar-refractivity contribution >= 4 is 34.7 Å². The molecule has 0 radical (unpaired) electrons. The molecule has 0 atom stereocenters. The Labute approximate surface area is 241 Å². The number of ether oxygens (including phenoxy) is 2. The predicted molar refractivity (Wildman–Crippen MR) is 152 cm³/mol. The van der Waals surface area contributed by atoms with Gasteiger partial charge in [-0.2, -0.15) is 0 Å². The molecule has 0 aromatic heterocycles. The fourth-order valence-corrected chi connectivity index (χ4v) is 4.50. The quantitative estimate of drug-likeness (QED) is 0.185. The van der Waals surface area contributed by atoms with Crippen LogP contribution in [0.25, 0.3) is 5.57 Å². The molecule has 6 nitrogen and oxygen atoms in total. The second-order valence-electron chi connectivity index (χ2n) is 9.33. The van der Waals surface area contributed by atoms with E-state index in [2.05, 4.69) is 16.7 Å². The number of halogens is 4. The first-order chi connectivity index (χ1) is 19.3. The van der Waals surface area contributed by atoms with Crippen molar-refractivity contribution in [2.24, 2.45) is 0 Å². The first-order valence-corrected chi connectivity index (χ1v) is 13.7. The highest BCUT2D eigenvalue weighted by atomic mass is 35.5. The summed E-state index contributed by atoms with van der Waals surface area (Å²) < 4.78 is 37.7. The van der Waals surface area contributed by atoms with Crippen molar-refractivity contribution in [3.63, 3.8) is 0 Å². The van der Waals surface area contributed by atoms with Crippen molar-refractivity contribution in [2.45, 2.75) is 31.8 Å². The Balaban J connectivity index is 0.000000255. The van der Waals surface area contributed by atoms with E-state index in [9.17, 15) is 18.7 Å². The Kier molecular flexibility index (Phi) is 10.8. The second kappa shape index (κ2) is 14.5. The van der Waals surface area contributed by atoms with Crippen LogP contribution in [0.15, 0.2) is 66.2 Å². The van der Waals surface area contributed by atoms with Crippen LogP contribution in [0.1, 0.15) is 30.4 Å². The molecule has 1 aliphatic heterocycles. The molecule has 0 saturated heterocycles. The summed E-state index contributed by atoms with van der Waals surface area (Å²) in [6.07, 6.45) is 3.28. The lowest BCUT2D eigenvalue weighted by atomic mass is 9.94. The second-order valence-corrected chi connectivity index (χ2v) is 10.1. The summed E-state index contributed by atoms with van der Waals surface area (Å²) in [6, 6.07) is 17.6. The molecule has 40 heavy (non-hydrogen) atoms. The van der Waals surface area contributed by atoms with Gasteiger partial charge in [0.15, 0.2) is 11.6 Å². The van der Waals surface area contributed by atoms with E-state index in [-0.39, 0.29) is 19.0 Å². The minimum Gasteiger partial charge on any atom is -0.490 e. The first kappa shape index (κ1) is 29.8. The summed E-state index contributed by atoms with van der Waals surface area (Å²) in [4.78, 5) is 11.4. The minimum atomic E-state index is -0.928. The van der Waals surface area contributed by atoms with Crippen molar-refractivity contribution in [2.75, 3.05) is 26.3 Å². The van der Waals surface area contributed by atoms with Crippen molar-refractivity contribution in [1.29, 1.82) is 0 Å². The topological polar surface area (TPSA) is 79.8 Å². The molecule has 1 heterocycles. The Hall–Kier alpha value is -3.17. The molecular weight excluding hydrogens is 561 g/mol. The van der Waals surface area contributed by atoms with Gasteiger partial charge in [0.1, 0.15) is 29.8 Å². The van der Waals surface area contributed by atoms with Crippen LogP contribution in [0.4, 0.5) is 8.78 Å². The van der Waals surface area contributed by atoms with E-state index >= 15 is 0 Å². The zero-order chi connectivity index (χ0) is 28.5. The molecule has 3 aromatic carbocycles. The number of aliphatic carboxylic acids is 1. The maximum absolute atomic E-state index is 13.6. The Morgan fingerprint density at radius 1 is 0.975 bits per heavy atom. The average Bonchev–Trinajstić information content (AvgIpc) is 3.80. The number of rotatable bonds is 10. The summed E-state index contributed by atoms with van der Waals surface area (Å²) in [5, 5.41) is 16.3. The highest BCUT2D eigenvalue weighted by Crippen LogP contribution is 2.30. The van der Waals surface area contributed by atoms with Gasteiger partial charge in [0.25, 0.3) is 0 Å². The maximum atomic E-state index is 13.6. The lowest BCUT2D eigenvalue weighted by Gasteiger charge is -2.19. The third-order valence-electron chi connectivity index (χ3n) is 6.40. The van der Waals surface area contributed by atoms with E-state index in [4.69, 9.17) is 32.7 Å². The van der Waals surface area contributed by atoms with Gasteiger partial charge in [0.05, 0.1) is 5.57 Å². The average molecular weight is 591 g/mol. The highest BCUT2D eigenvalue weighted by Gasteiger charge is 2.20. The zero-order valence-electron chi connectivity index (χ0n) is 21.7. The van der Waals surface area contributed by atoms with E-state index in [0.717, 1.165) is 47.4 Å². The summed E-state index contributed by atoms with van der Waals surface area (Å²) in [7, 11) is 0. The summed E-state index contributed by atoms with van der Waals surface area (Å²) in [5.74, 6) is -2.24. The van der Waals surface area contributed by atoms with E-state index in [0.29, 0.717) is 24.3 Å². The van der Waals surface area contributed by atoms with Crippen molar-refractivity contribution in [1.82, 2.24) is 10.6 Å². The van der Waals surface area contributed by atoms with Gasteiger partial charge in [-0.3, -0.25) is 0 Å². The van der Waals surface area contributed by atoms with Gasteiger partial charge in [-0.05, 0) is 72.8 Å². The molecule has 1 fully saturated rings. The number of carboxylic acids is 1. The van der Waals surface area contributed by atoms with Crippen molar-refractivity contribution < 1.29 is 28.2 Å². The van der Waals surface area contributed by atoms with Crippen molar-refractivity contribution in [3.05, 3.63) is 99.0 Å². The molecule has 0 amide bonds. The fourth-order valence-electron chi connectivity index (χ4n) is 4.09. The van der Waals surface area contributed by atoms with Gasteiger partial charge in [0.2, 0.25) is 0 Å². The molecule has 3 N–H and O–H groups in total. The summed E-state index contributed by atoms with van der Waals surface area (Å²) in [5.41, 5.74) is 3.20. The molecule has 1 saturated carbocycles. The Morgan fingerprint density at radius 2 is 1.68 bits per heavy atom. The van der Waals surface area contributed by atoms with Crippen molar-refractivity contribution in [3.8, 4) is 11.5 Å². The van der Waals surface area contributed by atoms with Crippen LogP contribution in [0.3, 0.4) is 0 Å². The monoisotopic (exact) mass is 590 g/mol. The molecule has 10 heteroatoms. The van der Waals surface area contributed by atoms with Crippen LogP contribution in [-0.4, -0.2) is 43.4 Å². The Bertz CT molecular complexity index is 1350. The third-order valence-corrected chi connectivity index (χ3v) is 7.12. The van der Waals surface area contributed by atoms with Crippen LogP contribution in [0.2, 0.25) is 10.0 Å². The molecular formula is C30H30Cl2F2N2O4. The number of benzene rings is 3. The standard InChI is InChI=1S/C20H18ClF2NO4.C10H12ClN/c21-18-16(22)5-6-17(23)19(18)28-10-9-27-13-3-1-12(2-4-13)14-7-8-24-11-15(14)20(25)26;11-10-4-2-1-3-8(10)7-12-9-5-6-9/h1-6,24H,7-11H2,(H,25,26);1-4,9,12H,5-7H2. The molecule has 212 valence electrons. The third kappa shape index (κ3) is 8.41. The van der Waals surface area contributed by atoms with Crippen LogP contribution in [0.5, 0.6) is 11.5 Å². The summed E-state index contributed by atoms with van der Waals surface area (Å²) >= 11 is 11.7. The molecule has 0 unspecified atom stereocenters. The van der Waals surface area contributed by atoms with Crippen LogP contribution >= 0.6 is 23.2 Å². The van der Waals surface area contributed by atoms with Gasteiger partial charge < -0.3 is 25.2 Å². The molecule has 5 rings (SSSR count). The number of hydrogen-bond acceptors (Lipinski definition) is 5. The van der Waals surface area contributed by atoms with Gasteiger partial charge in [-0.1, -0.05) is 53.5 Å². The van der Waals surface area contributed by atoms with E-state index < -0.39 is 22.6 Å². The maximum Gasteiger partial charge on any atom is 0.333 e. The normalized spacial score (nSPS) is 14.8. The zero-order valence-corrected chi connectivity index (χ0v) is 23.2. The number of carboxylic acid groups (broad SMARTS) is 1. The number of carbonyl (C=O) groups is 1. The van der Waals surface area contributed by atoms with Crippen LogP contribution in [-0.2, 0) is 11.3 Å². The lowest BCUT2D eigenvalue weighted by Crippen LogP contribution is -2.28. The molecule has 2 aliphatic rings. The molecule has 0 spiro atoms. The number of nitrogens with one attached hydrogen (secondary N) is 2. The molecule has 1 aliphatic carbocycles. The van der Waals surface area contributed by atoms with E-state index in [1.165, 1.54) is 18.4 Å². The fraction of sp³-hybridized carbons (Fsp3) is 0.300. The first-order valence-electron chi connectivity index (χ1n) is 13.0. The largest absolute Gasteiger partial charge is 0.490 e. The smallest absolute Gasteiger partial charge is 0.333 e. The van der Waals surface area contributed by atoms with Crippen LogP contribution in [0, 0.1) is 11.6 Å². The number of hydrogen-bond donors (Lipinski definition) is 3. The van der Waals surface area contributed by atoms with Gasteiger partial charge >= 0.3 is 5.97 Å². The lowest BCUT2D eigenvalue weighted by molar-refractivity contribution is -0.132. The minimum absolute atomic E-state index is 0.0260. The highest BCUT2D eigenvalue weighted by molar-refractivity contribution is 6.32. The summed E-state index contributed by atoms with van der Waals surface area (Å²) in [6.45, 7) is 2.03. The van der Waals surface area contributed by atoms with E-state index in [1.807, 2.05) is 18.2 Å². The van der Waals surface area contributed by atoms with Gasteiger partial charge in [-0.25, -0.2) is 13.6 Å². The SMILES string of the molecule is Clc1ccccc1CNC1CC1.O=C(O)C1=C(c2ccc(OCCOc3c(F)ccc(F)c3Cl)cc2)CCNC1. The van der Waals surface area contributed by atoms with Crippen LogP contribution < -0.4 is 20.1 Å². The Morgan fingerprint density at radius 3 is 2.38 bits per heavy atom. The molecule has 0 bridgehead atoms. The van der Waals surface area contributed by atoms with E-state index in [1.54, 1.807) is 24.3 Å². The van der Waals surface area contributed by atoms with Gasteiger partial charge in [0, 0.05) is 24.2 Å². The predicted octanol–water partition coefficient (Wildman–Crippen LogP) is 6.50. The molecule has 3 aromatic rings.